The molecule has 1 aromatic rings. The summed E-state index contributed by atoms with van der Waals surface area (Å²) in [5.41, 5.74) is 7.50. The lowest BCUT2D eigenvalue weighted by Crippen LogP contribution is -2.38. The summed E-state index contributed by atoms with van der Waals surface area (Å²) in [6.45, 7) is 7.59. The second-order valence-electron chi connectivity index (χ2n) is 7.62. The van der Waals surface area contributed by atoms with Crippen LogP contribution in [-0.4, -0.2) is 52.6 Å². The number of amides is 1. The van der Waals surface area contributed by atoms with Gasteiger partial charge in [-0.25, -0.2) is 5.42 Å². The van der Waals surface area contributed by atoms with Gasteiger partial charge in [0, 0.05) is 32.5 Å². The molecule has 0 bridgehead atoms. The summed E-state index contributed by atoms with van der Waals surface area (Å²) in [6.07, 6.45) is 1.52. The van der Waals surface area contributed by atoms with Crippen molar-refractivity contribution in [1.82, 2.24) is 10.4 Å². The number of hydrogen-bond acceptors (Lipinski definition) is 6. The van der Waals surface area contributed by atoms with Crippen LogP contribution in [0.3, 0.4) is 0 Å². The Kier molecular flexibility index (Phi) is 6.98. The van der Waals surface area contributed by atoms with Gasteiger partial charge < -0.3 is 19.9 Å². The first-order chi connectivity index (χ1) is 13.6. The van der Waals surface area contributed by atoms with E-state index in [4.69, 9.17) is 21.4 Å². The van der Waals surface area contributed by atoms with Crippen molar-refractivity contribution in [3.8, 4) is 23.3 Å². The standard InChI is InChI=1S/C20H29N3O4Si/c1-25-16-10-15(11-17(12-16)26-2)6-7-19-18(20(21)24)13-23(22-19)14-27-8-9-28(3,4)5/h10-13,19,22H,8-9,14H2,1-5H3,(H2,21,24)/i/hD. The summed E-state index contributed by atoms with van der Waals surface area (Å²) in [4.78, 5) is 11.9. The fourth-order valence-corrected chi connectivity index (χ4v) is 3.18. The van der Waals surface area contributed by atoms with Crippen LogP contribution in [0.25, 0.3) is 0 Å². The van der Waals surface area contributed by atoms with Gasteiger partial charge in [-0.1, -0.05) is 31.5 Å². The molecule has 0 aliphatic carbocycles. The van der Waals surface area contributed by atoms with Crippen LogP contribution in [0, 0.1) is 11.8 Å². The number of hydrogen-bond donors (Lipinski definition) is 2. The second kappa shape index (κ2) is 9.64. The molecule has 0 fully saturated rings. The summed E-state index contributed by atoms with van der Waals surface area (Å²) in [5.74, 6) is 6.51. The van der Waals surface area contributed by atoms with Crippen molar-refractivity contribution in [3.05, 3.63) is 35.5 Å². The zero-order valence-electron chi connectivity index (χ0n) is 18.1. The first kappa shape index (κ1) is 20.3. The van der Waals surface area contributed by atoms with Crippen molar-refractivity contribution < 1.29 is 20.4 Å². The van der Waals surface area contributed by atoms with Crippen molar-refractivity contribution in [2.45, 2.75) is 31.7 Å². The molecular weight excluding hydrogens is 374 g/mol. The number of carbonyl (C=O) groups is 1. The zero-order chi connectivity index (χ0) is 21.6. The molecule has 8 heteroatoms. The SMILES string of the molecule is [2H]N1C(C#Cc2cc(OC)cc(OC)c2)C(C(N)=O)=CN1COCC[Si](C)(C)C. The molecule has 0 radical (unpaired) electrons. The highest BCUT2D eigenvalue weighted by Gasteiger charge is 2.26. The van der Waals surface area contributed by atoms with Gasteiger partial charge in [-0.15, -0.1) is 0 Å². The number of benzene rings is 1. The highest BCUT2D eigenvalue weighted by molar-refractivity contribution is 6.76. The van der Waals surface area contributed by atoms with E-state index in [0.29, 0.717) is 23.7 Å². The number of nitrogens with one attached hydrogen (secondary N) is 1. The molecule has 0 aromatic heterocycles. The lowest BCUT2D eigenvalue weighted by molar-refractivity contribution is -0.114. The third-order valence-electron chi connectivity index (χ3n) is 4.06. The van der Waals surface area contributed by atoms with Crippen molar-refractivity contribution in [1.29, 1.82) is 0 Å². The minimum Gasteiger partial charge on any atom is -0.497 e. The van der Waals surface area contributed by atoms with E-state index in [0.717, 1.165) is 11.5 Å². The van der Waals surface area contributed by atoms with Crippen molar-refractivity contribution in [2.24, 2.45) is 5.73 Å². The molecule has 3 N–H and O–H groups in total. The monoisotopic (exact) mass is 404 g/mol. The van der Waals surface area contributed by atoms with Gasteiger partial charge in [0.2, 0.25) is 5.91 Å². The molecule has 1 heterocycles. The van der Waals surface area contributed by atoms with Crippen LogP contribution >= 0.6 is 0 Å². The average molecular weight is 405 g/mol. The van der Waals surface area contributed by atoms with Gasteiger partial charge in [-0.3, -0.25) is 9.80 Å². The molecule has 0 spiro atoms. The Hall–Kier alpha value is -2.47. The maximum Gasteiger partial charge on any atom is 0.248 e. The lowest BCUT2D eigenvalue weighted by Gasteiger charge is -2.20. The van der Waals surface area contributed by atoms with Gasteiger partial charge >= 0.3 is 0 Å². The molecule has 1 aromatic carbocycles. The summed E-state index contributed by atoms with van der Waals surface area (Å²) in [5, 5.41) is 1.50. The smallest absolute Gasteiger partial charge is 0.248 e. The van der Waals surface area contributed by atoms with Crippen molar-refractivity contribution in [3.63, 3.8) is 0 Å². The molecule has 1 aliphatic heterocycles. The fraction of sp³-hybridized carbons (Fsp3) is 0.450. The van der Waals surface area contributed by atoms with Gasteiger partial charge in [0.1, 0.15) is 25.7 Å². The van der Waals surface area contributed by atoms with Crippen molar-refractivity contribution >= 4 is 14.0 Å². The third-order valence-corrected chi connectivity index (χ3v) is 5.76. The Morgan fingerprint density at radius 1 is 1.29 bits per heavy atom. The Balaban J connectivity index is 2.14. The van der Waals surface area contributed by atoms with Crippen LogP contribution in [0.4, 0.5) is 0 Å². The minimum atomic E-state index is -1.20. The maximum absolute atomic E-state index is 11.9. The second-order valence-corrected chi connectivity index (χ2v) is 13.2. The fourth-order valence-electron chi connectivity index (χ4n) is 2.42. The molecule has 1 unspecified atom stereocenters. The third kappa shape index (κ3) is 6.60. The van der Waals surface area contributed by atoms with E-state index in [1.54, 1.807) is 32.4 Å². The van der Waals surface area contributed by atoms with Crippen molar-refractivity contribution in [2.75, 3.05) is 27.6 Å². The van der Waals surface area contributed by atoms with E-state index in [-0.39, 0.29) is 12.3 Å². The predicted molar refractivity (Wildman–Crippen MR) is 111 cm³/mol. The Morgan fingerprint density at radius 2 is 1.93 bits per heavy atom. The first-order valence-corrected chi connectivity index (χ1v) is 12.7. The van der Waals surface area contributed by atoms with Crippen LogP contribution in [0.5, 0.6) is 11.5 Å². The van der Waals surface area contributed by atoms with Crippen LogP contribution in [0.2, 0.25) is 27.1 Å². The summed E-state index contributed by atoms with van der Waals surface area (Å²) in [6, 6.07) is 5.48. The number of rotatable bonds is 8. The van der Waals surface area contributed by atoms with E-state index >= 15 is 0 Å². The van der Waals surface area contributed by atoms with E-state index in [9.17, 15) is 4.79 Å². The van der Waals surface area contributed by atoms with Crippen LogP contribution < -0.4 is 20.6 Å². The molecule has 2 rings (SSSR count). The highest BCUT2D eigenvalue weighted by Crippen LogP contribution is 2.22. The number of nitrogens with zero attached hydrogens (tertiary/aromatic N) is 1. The molecule has 1 atom stereocenters. The van der Waals surface area contributed by atoms with Gasteiger partial charge in [0.25, 0.3) is 0 Å². The number of primary amides is 1. The maximum atomic E-state index is 11.9. The predicted octanol–water partition coefficient (Wildman–Crippen LogP) is 1.93. The topological polar surface area (TPSA) is 86.0 Å². The summed E-state index contributed by atoms with van der Waals surface area (Å²) in [7, 11) is 1.92. The van der Waals surface area contributed by atoms with E-state index < -0.39 is 20.0 Å². The van der Waals surface area contributed by atoms with E-state index in [1.807, 2.05) is 0 Å². The van der Waals surface area contributed by atoms with Gasteiger partial charge in [0.15, 0.2) is 0 Å². The van der Waals surface area contributed by atoms with E-state index in [2.05, 4.69) is 31.5 Å². The largest absolute Gasteiger partial charge is 0.497 e. The molecule has 0 saturated carbocycles. The number of ether oxygens (including phenoxy) is 3. The van der Waals surface area contributed by atoms with Crippen LogP contribution in [0.1, 0.15) is 5.56 Å². The lowest BCUT2D eigenvalue weighted by atomic mass is 10.1. The number of hydrazine groups is 1. The zero-order valence-corrected chi connectivity index (χ0v) is 18.1. The number of carbonyl (C=O) groups excluding carboxylic acids is 1. The van der Waals surface area contributed by atoms with Crippen LogP contribution in [0.15, 0.2) is 30.0 Å². The molecule has 7 nitrogen and oxygen atoms in total. The highest BCUT2D eigenvalue weighted by atomic mass is 28.3. The minimum absolute atomic E-state index is 0.163. The van der Waals surface area contributed by atoms with Gasteiger partial charge in [-0.2, -0.15) is 0 Å². The normalized spacial score (nSPS) is 17.5. The van der Waals surface area contributed by atoms with Gasteiger partial charge in [0.05, 0.1) is 19.8 Å². The first-order valence-electron chi connectivity index (χ1n) is 9.48. The molecule has 152 valence electrons. The Bertz CT molecular complexity index is 807. The molecule has 1 aliphatic rings. The average Bonchev–Trinajstić information content (AvgIpc) is 2.98. The quantitative estimate of drug-likeness (QED) is 0.391. The number of methoxy groups -OCH3 is 2. The Labute approximate surface area is 169 Å². The Morgan fingerprint density at radius 3 is 2.46 bits per heavy atom. The van der Waals surface area contributed by atoms with E-state index in [1.165, 1.54) is 11.2 Å². The summed E-state index contributed by atoms with van der Waals surface area (Å²) >= 11 is 0. The molecular formula is C20H29N3O4Si. The number of nitrogens with two attached hydrogens (primary N) is 1. The summed E-state index contributed by atoms with van der Waals surface area (Å²) < 4.78 is 24.5. The molecule has 0 saturated heterocycles. The molecule has 1 amide bonds. The van der Waals surface area contributed by atoms with Gasteiger partial charge in [-0.05, 0) is 18.2 Å². The van der Waals surface area contributed by atoms with Crippen LogP contribution in [-0.2, 0) is 9.53 Å². The molecule has 28 heavy (non-hydrogen) atoms.